The first-order valence-corrected chi connectivity index (χ1v) is 11.3. The molecule has 0 radical (unpaired) electrons. The van der Waals surface area contributed by atoms with Crippen molar-refractivity contribution in [3.8, 4) is 0 Å². The molecule has 1 N–H and O–H groups in total. The van der Waals surface area contributed by atoms with Crippen LogP contribution in [0.4, 0.5) is 5.69 Å². The summed E-state index contributed by atoms with van der Waals surface area (Å²) in [6.07, 6.45) is 7.70. The number of hydrogen-bond donors (Lipinski definition) is 1. The van der Waals surface area contributed by atoms with E-state index in [1.807, 2.05) is 100 Å². The number of fused-ring (bicyclic) bond motifs is 1. The van der Waals surface area contributed by atoms with E-state index in [4.69, 9.17) is 0 Å². The lowest BCUT2D eigenvalue weighted by Gasteiger charge is -2.10. The molecule has 0 spiro atoms. The average Bonchev–Trinajstić information content (AvgIpc) is 3.48. The lowest BCUT2D eigenvalue weighted by Crippen LogP contribution is -2.13. The zero-order chi connectivity index (χ0) is 21.8. The quantitative estimate of drug-likeness (QED) is 0.357. The van der Waals surface area contributed by atoms with Gasteiger partial charge in [-0.25, -0.2) is 4.98 Å². The fourth-order valence-electron chi connectivity index (χ4n) is 3.46. The van der Waals surface area contributed by atoms with E-state index >= 15 is 0 Å². The van der Waals surface area contributed by atoms with Gasteiger partial charge in [0.15, 0.2) is 0 Å². The Morgan fingerprint density at radius 3 is 2.59 bits per heavy atom. The molecule has 6 nitrogen and oxygen atoms in total. The third-order valence-electron chi connectivity index (χ3n) is 5.04. The molecule has 3 heterocycles. The van der Waals surface area contributed by atoms with Crippen molar-refractivity contribution < 1.29 is 4.79 Å². The van der Waals surface area contributed by atoms with Crippen LogP contribution in [0.2, 0.25) is 0 Å². The second kappa shape index (κ2) is 9.11. The van der Waals surface area contributed by atoms with E-state index in [2.05, 4.69) is 15.4 Å². The molecule has 0 aliphatic carbocycles. The molecule has 0 saturated heterocycles. The summed E-state index contributed by atoms with van der Waals surface area (Å²) in [4.78, 5) is 18.5. The number of amides is 1. The van der Waals surface area contributed by atoms with E-state index < -0.39 is 0 Å². The highest BCUT2D eigenvalue weighted by molar-refractivity contribution is 7.98. The van der Waals surface area contributed by atoms with E-state index in [0.29, 0.717) is 17.9 Å². The van der Waals surface area contributed by atoms with Gasteiger partial charge in [0.1, 0.15) is 5.65 Å². The molecule has 2 aromatic carbocycles. The molecule has 32 heavy (non-hydrogen) atoms. The second-order valence-electron chi connectivity index (χ2n) is 7.34. The molecule has 158 valence electrons. The highest BCUT2D eigenvalue weighted by Crippen LogP contribution is 2.27. The molecular weight excluding hydrogens is 418 g/mol. The van der Waals surface area contributed by atoms with E-state index in [0.717, 1.165) is 27.5 Å². The lowest BCUT2D eigenvalue weighted by atomic mass is 10.2. The number of rotatable bonds is 7. The van der Waals surface area contributed by atoms with Crippen LogP contribution < -0.4 is 5.32 Å². The van der Waals surface area contributed by atoms with Crippen molar-refractivity contribution in [3.63, 3.8) is 0 Å². The van der Waals surface area contributed by atoms with Gasteiger partial charge in [-0.1, -0.05) is 30.3 Å². The monoisotopic (exact) mass is 439 g/mol. The van der Waals surface area contributed by atoms with Gasteiger partial charge in [-0.3, -0.25) is 9.48 Å². The summed E-state index contributed by atoms with van der Waals surface area (Å²) >= 11 is 1.61. The molecule has 7 heteroatoms. The minimum Gasteiger partial charge on any atom is -0.322 e. The summed E-state index contributed by atoms with van der Waals surface area (Å²) in [7, 11) is 0. The van der Waals surface area contributed by atoms with Crippen LogP contribution in [0.1, 0.15) is 21.6 Å². The van der Waals surface area contributed by atoms with Crippen LogP contribution in [0.15, 0.2) is 102 Å². The number of nitrogens with one attached hydrogen (secondary N) is 1. The molecule has 3 aromatic heterocycles. The van der Waals surface area contributed by atoms with Crippen LogP contribution in [0.3, 0.4) is 0 Å². The summed E-state index contributed by atoms with van der Waals surface area (Å²) in [6.45, 7) is 0.698. The van der Waals surface area contributed by atoms with Crippen molar-refractivity contribution in [2.45, 2.75) is 17.2 Å². The molecule has 5 rings (SSSR count). The normalized spacial score (nSPS) is 11.0. The predicted molar refractivity (Wildman–Crippen MR) is 127 cm³/mol. The number of carbonyl (C=O) groups excluding carboxylic acids is 1. The third-order valence-corrected chi connectivity index (χ3v) is 6.14. The van der Waals surface area contributed by atoms with Crippen LogP contribution in [0.25, 0.3) is 5.65 Å². The number of anilines is 1. The second-order valence-corrected chi connectivity index (χ2v) is 8.36. The molecule has 1 amide bonds. The maximum absolute atomic E-state index is 13.0. The maximum Gasteiger partial charge on any atom is 0.256 e. The van der Waals surface area contributed by atoms with E-state index in [-0.39, 0.29) is 5.91 Å². The lowest BCUT2D eigenvalue weighted by molar-refractivity contribution is 0.102. The average molecular weight is 440 g/mol. The number of pyridine rings is 1. The molecule has 0 aliphatic rings. The van der Waals surface area contributed by atoms with Gasteiger partial charge in [-0.05, 0) is 48.0 Å². The molecule has 0 unspecified atom stereocenters. The van der Waals surface area contributed by atoms with Gasteiger partial charge < -0.3 is 9.72 Å². The van der Waals surface area contributed by atoms with Gasteiger partial charge >= 0.3 is 0 Å². The molecular formula is C25H21N5OS. The Bertz CT molecular complexity index is 1310. The van der Waals surface area contributed by atoms with E-state index in [1.165, 1.54) is 0 Å². The van der Waals surface area contributed by atoms with E-state index in [1.54, 1.807) is 18.0 Å². The minimum atomic E-state index is -0.122. The van der Waals surface area contributed by atoms with Gasteiger partial charge in [0.05, 0.1) is 17.8 Å². The highest BCUT2D eigenvalue weighted by atomic mass is 32.2. The smallest absolute Gasteiger partial charge is 0.256 e. The molecule has 0 saturated carbocycles. The van der Waals surface area contributed by atoms with Crippen LogP contribution >= 0.6 is 11.8 Å². The zero-order valence-electron chi connectivity index (χ0n) is 17.3. The highest BCUT2D eigenvalue weighted by Gasteiger charge is 2.13. The van der Waals surface area contributed by atoms with Crippen molar-refractivity contribution in [1.82, 2.24) is 19.2 Å². The number of thioether (sulfide) groups is 1. The first kappa shape index (κ1) is 20.1. The minimum absolute atomic E-state index is 0.122. The Kier molecular flexibility index (Phi) is 5.72. The standard InChI is InChI=1S/C25H21N5OS/c31-25(28-20-11-9-19(10-12-20)16-30-15-5-13-26-30)22-6-1-2-7-23(22)32-18-21-17-29-14-4-3-8-24(29)27-21/h1-15,17H,16,18H2,(H,28,31). The van der Waals surface area contributed by atoms with Crippen molar-refractivity contribution in [2.75, 3.05) is 5.32 Å². The van der Waals surface area contributed by atoms with Gasteiger partial charge in [-0.15, -0.1) is 11.8 Å². The Hall–Kier alpha value is -3.84. The summed E-state index contributed by atoms with van der Waals surface area (Å²) in [5.41, 5.74) is 4.44. The fraction of sp³-hybridized carbons (Fsp3) is 0.0800. The first-order valence-electron chi connectivity index (χ1n) is 10.3. The first-order chi connectivity index (χ1) is 15.7. The van der Waals surface area contributed by atoms with Crippen LogP contribution in [-0.2, 0) is 12.3 Å². The maximum atomic E-state index is 13.0. The van der Waals surface area contributed by atoms with Crippen LogP contribution in [-0.4, -0.2) is 25.1 Å². The number of hydrogen-bond acceptors (Lipinski definition) is 4. The molecule has 0 fully saturated rings. The largest absolute Gasteiger partial charge is 0.322 e. The van der Waals surface area contributed by atoms with Crippen LogP contribution in [0.5, 0.6) is 0 Å². The summed E-state index contributed by atoms with van der Waals surface area (Å²) in [5, 5.41) is 7.23. The molecule has 0 atom stereocenters. The summed E-state index contributed by atoms with van der Waals surface area (Å²) < 4.78 is 3.87. The van der Waals surface area contributed by atoms with Gasteiger partial charge in [-0.2, -0.15) is 5.10 Å². The summed E-state index contributed by atoms with van der Waals surface area (Å²) in [5.74, 6) is 0.566. The Labute approximate surface area is 189 Å². The van der Waals surface area contributed by atoms with Gasteiger partial charge in [0.2, 0.25) is 0 Å². The fourth-order valence-corrected chi connectivity index (χ4v) is 4.39. The van der Waals surface area contributed by atoms with Crippen molar-refractivity contribution >= 4 is 29.0 Å². The van der Waals surface area contributed by atoms with Gasteiger partial charge in [0, 0.05) is 41.1 Å². The summed E-state index contributed by atoms with van der Waals surface area (Å²) in [6, 6.07) is 23.3. The molecule has 5 aromatic rings. The Morgan fingerprint density at radius 1 is 0.938 bits per heavy atom. The molecule has 0 bridgehead atoms. The number of imidazole rings is 1. The Balaban J connectivity index is 1.26. The number of nitrogens with zero attached hydrogens (tertiary/aromatic N) is 4. The van der Waals surface area contributed by atoms with Crippen LogP contribution in [0, 0.1) is 0 Å². The number of carbonyl (C=O) groups is 1. The topological polar surface area (TPSA) is 64.2 Å². The number of aromatic nitrogens is 4. The molecule has 0 aliphatic heterocycles. The number of benzene rings is 2. The van der Waals surface area contributed by atoms with Crippen molar-refractivity contribution in [3.05, 3.63) is 114 Å². The van der Waals surface area contributed by atoms with Crippen molar-refractivity contribution in [2.24, 2.45) is 0 Å². The Morgan fingerprint density at radius 2 is 1.78 bits per heavy atom. The SMILES string of the molecule is O=C(Nc1ccc(Cn2cccn2)cc1)c1ccccc1SCc1cn2ccccc2n1. The predicted octanol–water partition coefficient (Wildman–Crippen LogP) is 5.12. The van der Waals surface area contributed by atoms with E-state index in [9.17, 15) is 4.79 Å². The van der Waals surface area contributed by atoms with Gasteiger partial charge in [0.25, 0.3) is 5.91 Å². The third kappa shape index (κ3) is 4.58. The zero-order valence-corrected chi connectivity index (χ0v) is 18.1. The van der Waals surface area contributed by atoms with Crippen molar-refractivity contribution in [1.29, 1.82) is 0 Å².